The third-order valence-electron chi connectivity index (χ3n) is 1.87. The van der Waals surface area contributed by atoms with Crippen LogP contribution in [0.1, 0.15) is 6.92 Å². The largest absolute Gasteiger partial charge is 0.486 e. The van der Waals surface area contributed by atoms with Gasteiger partial charge in [0.1, 0.15) is 12.4 Å². The van der Waals surface area contributed by atoms with Crippen molar-refractivity contribution in [2.24, 2.45) is 0 Å². The molecule has 0 aliphatic carbocycles. The Balaban J connectivity index is 2.62. The molecule has 5 heteroatoms. The van der Waals surface area contributed by atoms with Crippen LogP contribution in [0.4, 0.5) is 0 Å². The van der Waals surface area contributed by atoms with Crippen molar-refractivity contribution in [3.05, 3.63) is 39.3 Å². The summed E-state index contributed by atoms with van der Waals surface area (Å²) in [6.07, 6.45) is 0. The molecule has 1 aromatic carbocycles. The van der Waals surface area contributed by atoms with E-state index in [0.717, 1.165) is 8.95 Å². The second-order valence-corrected chi connectivity index (χ2v) is 4.87. The summed E-state index contributed by atoms with van der Waals surface area (Å²) < 4.78 is 11.9. The second kappa shape index (κ2) is 6.81. The Morgan fingerprint density at radius 1 is 1.35 bits per heavy atom. The Morgan fingerprint density at radius 3 is 2.47 bits per heavy atom. The maximum atomic E-state index is 11.3. The molecule has 0 saturated carbocycles. The summed E-state index contributed by atoms with van der Waals surface area (Å²) in [5, 5.41) is 0. The lowest BCUT2D eigenvalue weighted by Crippen LogP contribution is -2.13. The quantitative estimate of drug-likeness (QED) is 0.591. The zero-order chi connectivity index (χ0) is 12.8. The topological polar surface area (TPSA) is 35.5 Å². The minimum absolute atomic E-state index is 0.0973. The summed E-state index contributed by atoms with van der Waals surface area (Å²) in [7, 11) is 0. The van der Waals surface area contributed by atoms with E-state index in [-0.39, 0.29) is 12.2 Å². The standard InChI is InChI=1S/C12H12Br2O3/c1-3-16-12(15)8(2)7-17-11-9(13)5-4-6-10(11)14/h4-6H,2-3,7H2,1H3. The third kappa shape index (κ3) is 4.16. The van der Waals surface area contributed by atoms with Crippen LogP contribution in [-0.4, -0.2) is 19.2 Å². The van der Waals surface area contributed by atoms with E-state index in [1.807, 2.05) is 18.2 Å². The number of halogens is 2. The number of benzene rings is 1. The van der Waals surface area contributed by atoms with Gasteiger partial charge in [0.2, 0.25) is 0 Å². The van der Waals surface area contributed by atoms with Gasteiger partial charge in [-0.05, 0) is 50.9 Å². The van der Waals surface area contributed by atoms with E-state index >= 15 is 0 Å². The summed E-state index contributed by atoms with van der Waals surface area (Å²) in [5.74, 6) is 0.202. The molecule has 0 radical (unpaired) electrons. The van der Waals surface area contributed by atoms with Gasteiger partial charge in [-0.1, -0.05) is 12.6 Å². The van der Waals surface area contributed by atoms with Crippen LogP contribution in [0.15, 0.2) is 39.3 Å². The molecule has 0 heterocycles. The molecule has 1 aromatic rings. The first-order valence-electron chi connectivity index (χ1n) is 4.98. The van der Waals surface area contributed by atoms with Crippen LogP contribution in [0.5, 0.6) is 5.75 Å². The number of para-hydroxylation sites is 1. The number of ether oxygens (including phenoxy) is 2. The molecule has 0 fully saturated rings. The van der Waals surface area contributed by atoms with Gasteiger partial charge in [-0.3, -0.25) is 0 Å². The number of rotatable bonds is 5. The normalized spacial score (nSPS) is 9.82. The minimum Gasteiger partial charge on any atom is -0.486 e. The van der Waals surface area contributed by atoms with Crippen LogP contribution in [-0.2, 0) is 9.53 Å². The summed E-state index contributed by atoms with van der Waals surface area (Å²) >= 11 is 6.73. The second-order valence-electron chi connectivity index (χ2n) is 3.16. The molecule has 92 valence electrons. The van der Waals surface area contributed by atoms with Crippen molar-refractivity contribution < 1.29 is 14.3 Å². The molecular formula is C12H12Br2O3. The summed E-state index contributed by atoms with van der Waals surface area (Å²) in [6, 6.07) is 5.58. The van der Waals surface area contributed by atoms with Gasteiger partial charge in [-0.15, -0.1) is 0 Å². The van der Waals surface area contributed by atoms with Crippen molar-refractivity contribution in [3.63, 3.8) is 0 Å². The first-order chi connectivity index (χ1) is 8.06. The molecule has 0 amide bonds. The number of carbonyl (C=O) groups is 1. The molecule has 0 unspecified atom stereocenters. The van der Waals surface area contributed by atoms with Crippen LogP contribution < -0.4 is 4.74 Å². The SMILES string of the molecule is C=C(COc1c(Br)cccc1Br)C(=O)OCC. The Labute approximate surface area is 117 Å². The van der Waals surface area contributed by atoms with Gasteiger partial charge in [-0.2, -0.15) is 0 Å². The molecule has 0 aliphatic rings. The molecule has 0 bridgehead atoms. The van der Waals surface area contributed by atoms with E-state index in [4.69, 9.17) is 9.47 Å². The number of carbonyl (C=O) groups excluding carboxylic acids is 1. The predicted octanol–water partition coefficient (Wildman–Crippen LogP) is 3.71. The van der Waals surface area contributed by atoms with Gasteiger partial charge in [0.25, 0.3) is 0 Å². The van der Waals surface area contributed by atoms with Crippen molar-refractivity contribution in [2.45, 2.75) is 6.92 Å². The lowest BCUT2D eigenvalue weighted by atomic mass is 10.3. The van der Waals surface area contributed by atoms with Gasteiger partial charge in [0, 0.05) is 0 Å². The van der Waals surface area contributed by atoms with E-state index in [1.165, 1.54) is 0 Å². The van der Waals surface area contributed by atoms with Gasteiger partial charge < -0.3 is 9.47 Å². The number of hydrogen-bond donors (Lipinski definition) is 0. The zero-order valence-corrected chi connectivity index (χ0v) is 12.5. The average Bonchev–Trinajstić information content (AvgIpc) is 2.28. The summed E-state index contributed by atoms with van der Waals surface area (Å²) in [6.45, 7) is 5.79. The summed E-state index contributed by atoms with van der Waals surface area (Å²) in [5.41, 5.74) is 0.287. The first-order valence-corrected chi connectivity index (χ1v) is 6.56. The Hall–Kier alpha value is -0.810. The lowest BCUT2D eigenvalue weighted by molar-refractivity contribution is -0.138. The van der Waals surface area contributed by atoms with Crippen LogP contribution >= 0.6 is 31.9 Å². The highest BCUT2D eigenvalue weighted by Crippen LogP contribution is 2.33. The fourth-order valence-corrected chi connectivity index (χ4v) is 2.30. The molecule has 0 aromatic heterocycles. The average molecular weight is 364 g/mol. The van der Waals surface area contributed by atoms with E-state index in [2.05, 4.69) is 38.4 Å². The van der Waals surface area contributed by atoms with E-state index in [9.17, 15) is 4.79 Å². The number of hydrogen-bond acceptors (Lipinski definition) is 3. The highest BCUT2D eigenvalue weighted by molar-refractivity contribution is 9.11. The molecular weight excluding hydrogens is 352 g/mol. The van der Waals surface area contributed by atoms with E-state index in [1.54, 1.807) is 6.92 Å². The molecule has 0 saturated heterocycles. The first kappa shape index (κ1) is 14.3. The monoisotopic (exact) mass is 362 g/mol. The molecule has 1 rings (SSSR count). The van der Waals surface area contributed by atoms with Gasteiger partial charge in [0.05, 0.1) is 21.1 Å². The maximum Gasteiger partial charge on any atom is 0.336 e. The van der Waals surface area contributed by atoms with Crippen LogP contribution in [0.25, 0.3) is 0 Å². The van der Waals surface area contributed by atoms with Crippen molar-refractivity contribution in [1.82, 2.24) is 0 Å². The molecule has 0 N–H and O–H groups in total. The van der Waals surface area contributed by atoms with Crippen molar-refractivity contribution in [1.29, 1.82) is 0 Å². The molecule has 17 heavy (non-hydrogen) atoms. The van der Waals surface area contributed by atoms with Crippen LogP contribution in [0, 0.1) is 0 Å². The predicted molar refractivity (Wildman–Crippen MR) is 73.1 cm³/mol. The van der Waals surface area contributed by atoms with Gasteiger partial charge in [-0.25, -0.2) is 4.79 Å². The maximum absolute atomic E-state index is 11.3. The number of esters is 1. The summed E-state index contributed by atoms with van der Waals surface area (Å²) in [4.78, 5) is 11.3. The minimum atomic E-state index is -0.435. The Morgan fingerprint density at radius 2 is 1.94 bits per heavy atom. The van der Waals surface area contributed by atoms with Crippen LogP contribution in [0.3, 0.4) is 0 Å². The van der Waals surface area contributed by atoms with Gasteiger partial charge in [0.15, 0.2) is 0 Å². The van der Waals surface area contributed by atoms with E-state index < -0.39 is 5.97 Å². The Kier molecular flexibility index (Phi) is 5.71. The molecule has 0 aliphatic heterocycles. The van der Waals surface area contributed by atoms with Crippen molar-refractivity contribution in [2.75, 3.05) is 13.2 Å². The van der Waals surface area contributed by atoms with E-state index in [0.29, 0.717) is 12.4 Å². The fourth-order valence-electron chi connectivity index (χ4n) is 1.07. The fraction of sp³-hybridized carbons (Fsp3) is 0.250. The van der Waals surface area contributed by atoms with Gasteiger partial charge >= 0.3 is 5.97 Å². The molecule has 0 atom stereocenters. The van der Waals surface area contributed by atoms with Crippen LogP contribution in [0.2, 0.25) is 0 Å². The molecule has 3 nitrogen and oxygen atoms in total. The van der Waals surface area contributed by atoms with Crippen molar-refractivity contribution in [3.8, 4) is 5.75 Å². The van der Waals surface area contributed by atoms with Crippen molar-refractivity contribution >= 4 is 37.8 Å². The highest BCUT2D eigenvalue weighted by atomic mass is 79.9. The Bertz CT molecular complexity index is 410. The lowest BCUT2D eigenvalue weighted by Gasteiger charge is -2.11. The highest BCUT2D eigenvalue weighted by Gasteiger charge is 2.11. The third-order valence-corrected chi connectivity index (χ3v) is 3.12. The zero-order valence-electron chi connectivity index (χ0n) is 9.33. The smallest absolute Gasteiger partial charge is 0.336 e. The molecule has 0 spiro atoms.